The molecule has 0 spiro atoms. The Morgan fingerprint density at radius 2 is 1.88 bits per heavy atom. The molecular formula is C26H32FN5. The van der Waals surface area contributed by atoms with E-state index in [0.717, 1.165) is 31.6 Å². The molecule has 1 aromatic heterocycles. The van der Waals surface area contributed by atoms with Crippen LogP contribution in [0.1, 0.15) is 30.5 Å². The summed E-state index contributed by atoms with van der Waals surface area (Å²) in [5.41, 5.74) is 4.72. The van der Waals surface area contributed by atoms with Crippen LogP contribution in [0, 0.1) is 12.7 Å². The first-order chi connectivity index (χ1) is 15.5. The van der Waals surface area contributed by atoms with Crippen LogP contribution in [0.4, 0.5) is 10.3 Å². The molecule has 1 aliphatic heterocycles. The van der Waals surface area contributed by atoms with Gasteiger partial charge in [-0.25, -0.2) is 14.4 Å². The minimum absolute atomic E-state index is 0.264. The highest BCUT2D eigenvalue weighted by Crippen LogP contribution is 2.24. The van der Waals surface area contributed by atoms with E-state index in [0.29, 0.717) is 35.8 Å². The number of hydrogen-bond acceptors (Lipinski definition) is 5. The van der Waals surface area contributed by atoms with Crippen LogP contribution < -0.4 is 10.6 Å². The summed E-state index contributed by atoms with van der Waals surface area (Å²) in [6, 6.07) is 16.5. The van der Waals surface area contributed by atoms with Crippen LogP contribution in [0.5, 0.6) is 0 Å². The second-order valence-corrected chi connectivity index (χ2v) is 8.83. The molecule has 1 fully saturated rings. The predicted molar refractivity (Wildman–Crippen MR) is 128 cm³/mol. The summed E-state index contributed by atoms with van der Waals surface area (Å²) >= 11 is 0. The fraction of sp³-hybridized carbons (Fsp3) is 0.385. The minimum atomic E-state index is -0.264. The van der Waals surface area contributed by atoms with Gasteiger partial charge in [0, 0.05) is 50.0 Å². The number of aromatic nitrogens is 2. The standard InChI is InChI=1S/C26H32FN5/c1-18-4-6-21(7-5-18)10-12-28-26-29-13-11-25(31-26)23-14-22(8-9-24(23)27)17-32-16-19(2)30-15-20(32)3/h4-9,11,13-14,19-20,30H,10,12,15-17H2,1-3H3,(H,28,29,31)/t19-,20-/m0/s1. The normalized spacial score (nSPS) is 19.1. The Balaban J connectivity index is 1.44. The number of anilines is 1. The molecule has 0 bridgehead atoms. The molecule has 2 heterocycles. The summed E-state index contributed by atoms with van der Waals surface area (Å²) in [7, 11) is 0. The van der Waals surface area contributed by atoms with Gasteiger partial charge in [-0.1, -0.05) is 35.9 Å². The molecule has 0 aliphatic carbocycles. The second kappa shape index (κ2) is 10.2. The lowest BCUT2D eigenvalue weighted by atomic mass is 10.0. The van der Waals surface area contributed by atoms with Crippen molar-refractivity contribution in [3.05, 3.63) is 77.2 Å². The summed E-state index contributed by atoms with van der Waals surface area (Å²) in [4.78, 5) is 11.3. The topological polar surface area (TPSA) is 53.1 Å². The Kier molecular flexibility index (Phi) is 7.12. The zero-order chi connectivity index (χ0) is 22.5. The van der Waals surface area contributed by atoms with Crippen molar-refractivity contribution in [2.45, 2.75) is 45.8 Å². The summed E-state index contributed by atoms with van der Waals surface area (Å²) < 4.78 is 14.7. The minimum Gasteiger partial charge on any atom is -0.354 e. The maximum atomic E-state index is 14.7. The average Bonchev–Trinajstić information content (AvgIpc) is 2.79. The first kappa shape index (κ1) is 22.4. The Labute approximate surface area is 190 Å². The van der Waals surface area contributed by atoms with E-state index in [9.17, 15) is 4.39 Å². The zero-order valence-electron chi connectivity index (χ0n) is 19.1. The molecule has 32 heavy (non-hydrogen) atoms. The largest absolute Gasteiger partial charge is 0.354 e. The lowest BCUT2D eigenvalue weighted by molar-refractivity contribution is 0.139. The van der Waals surface area contributed by atoms with Crippen LogP contribution in [0.3, 0.4) is 0 Å². The Morgan fingerprint density at radius 3 is 2.69 bits per heavy atom. The Bertz CT molecular complexity index is 1040. The SMILES string of the molecule is Cc1ccc(CCNc2nccc(-c3cc(CN4C[C@H](C)NC[C@@H]4C)ccc3F)n2)cc1. The molecule has 1 saturated heterocycles. The number of piperazine rings is 1. The molecule has 3 aromatic rings. The number of nitrogens with zero attached hydrogens (tertiary/aromatic N) is 3. The molecule has 168 valence electrons. The van der Waals surface area contributed by atoms with E-state index in [1.807, 2.05) is 12.1 Å². The highest BCUT2D eigenvalue weighted by atomic mass is 19.1. The van der Waals surface area contributed by atoms with E-state index >= 15 is 0 Å². The predicted octanol–water partition coefficient (Wildman–Crippen LogP) is 4.43. The molecule has 0 unspecified atom stereocenters. The lowest BCUT2D eigenvalue weighted by Crippen LogP contribution is -2.53. The van der Waals surface area contributed by atoms with Gasteiger partial charge in [-0.3, -0.25) is 4.90 Å². The van der Waals surface area contributed by atoms with E-state index < -0.39 is 0 Å². The summed E-state index contributed by atoms with van der Waals surface area (Å²) in [5.74, 6) is 0.253. The molecule has 6 heteroatoms. The number of hydrogen-bond donors (Lipinski definition) is 2. The van der Waals surface area contributed by atoms with Gasteiger partial charge < -0.3 is 10.6 Å². The number of nitrogens with one attached hydrogen (secondary N) is 2. The van der Waals surface area contributed by atoms with Gasteiger partial charge in [0.25, 0.3) is 0 Å². The molecule has 2 N–H and O–H groups in total. The van der Waals surface area contributed by atoms with Crippen molar-refractivity contribution in [2.75, 3.05) is 25.0 Å². The highest BCUT2D eigenvalue weighted by molar-refractivity contribution is 5.61. The van der Waals surface area contributed by atoms with Crippen molar-refractivity contribution in [1.29, 1.82) is 0 Å². The van der Waals surface area contributed by atoms with Crippen molar-refractivity contribution in [3.8, 4) is 11.3 Å². The van der Waals surface area contributed by atoms with E-state index in [-0.39, 0.29) is 5.82 Å². The smallest absolute Gasteiger partial charge is 0.223 e. The van der Waals surface area contributed by atoms with Crippen LogP contribution in [0.2, 0.25) is 0 Å². The van der Waals surface area contributed by atoms with Gasteiger partial charge in [0.15, 0.2) is 0 Å². The third-order valence-corrected chi connectivity index (χ3v) is 6.06. The molecule has 0 radical (unpaired) electrons. The molecule has 2 aromatic carbocycles. The molecule has 2 atom stereocenters. The van der Waals surface area contributed by atoms with Crippen molar-refractivity contribution in [3.63, 3.8) is 0 Å². The molecule has 1 aliphatic rings. The maximum Gasteiger partial charge on any atom is 0.223 e. The van der Waals surface area contributed by atoms with Crippen molar-refractivity contribution < 1.29 is 4.39 Å². The quantitative estimate of drug-likeness (QED) is 0.577. The van der Waals surface area contributed by atoms with Crippen molar-refractivity contribution in [2.24, 2.45) is 0 Å². The average molecular weight is 434 g/mol. The van der Waals surface area contributed by atoms with Gasteiger partial charge in [-0.05, 0) is 56.5 Å². The van der Waals surface area contributed by atoms with Crippen molar-refractivity contribution in [1.82, 2.24) is 20.2 Å². The number of rotatable bonds is 7. The molecule has 0 amide bonds. The van der Waals surface area contributed by atoms with Crippen LogP contribution in [0.15, 0.2) is 54.7 Å². The molecule has 5 nitrogen and oxygen atoms in total. The maximum absolute atomic E-state index is 14.7. The molecular weight excluding hydrogens is 401 g/mol. The highest BCUT2D eigenvalue weighted by Gasteiger charge is 2.22. The molecule has 0 saturated carbocycles. The van der Waals surface area contributed by atoms with E-state index in [1.54, 1.807) is 18.3 Å². The van der Waals surface area contributed by atoms with E-state index in [1.165, 1.54) is 11.1 Å². The van der Waals surface area contributed by atoms with Gasteiger partial charge >= 0.3 is 0 Å². The molecule has 4 rings (SSSR count). The lowest BCUT2D eigenvalue weighted by Gasteiger charge is -2.37. The summed E-state index contributed by atoms with van der Waals surface area (Å²) in [5, 5.41) is 6.77. The third-order valence-electron chi connectivity index (χ3n) is 6.06. The summed E-state index contributed by atoms with van der Waals surface area (Å²) in [6.45, 7) is 9.97. The van der Waals surface area contributed by atoms with E-state index in [4.69, 9.17) is 0 Å². The first-order valence-electron chi connectivity index (χ1n) is 11.4. The monoisotopic (exact) mass is 433 g/mol. The van der Waals surface area contributed by atoms with Crippen LogP contribution in [-0.2, 0) is 13.0 Å². The second-order valence-electron chi connectivity index (χ2n) is 8.83. The van der Waals surface area contributed by atoms with Crippen LogP contribution in [0.25, 0.3) is 11.3 Å². The zero-order valence-corrected chi connectivity index (χ0v) is 19.1. The van der Waals surface area contributed by atoms with Gasteiger partial charge in [-0.15, -0.1) is 0 Å². The van der Waals surface area contributed by atoms with E-state index in [2.05, 4.69) is 70.5 Å². The van der Waals surface area contributed by atoms with Gasteiger partial charge in [0.2, 0.25) is 5.95 Å². The van der Waals surface area contributed by atoms with Gasteiger partial charge in [-0.2, -0.15) is 0 Å². The van der Waals surface area contributed by atoms with Crippen molar-refractivity contribution >= 4 is 5.95 Å². The Hall–Kier alpha value is -2.83. The van der Waals surface area contributed by atoms with Gasteiger partial charge in [0.1, 0.15) is 5.82 Å². The number of halogens is 1. The Morgan fingerprint density at radius 1 is 1.09 bits per heavy atom. The van der Waals surface area contributed by atoms with Crippen LogP contribution >= 0.6 is 0 Å². The van der Waals surface area contributed by atoms with Gasteiger partial charge in [0.05, 0.1) is 5.69 Å². The number of benzene rings is 2. The fourth-order valence-electron chi connectivity index (χ4n) is 4.09. The third kappa shape index (κ3) is 5.69. The van der Waals surface area contributed by atoms with Crippen LogP contribution in [-0.4, -0.2) is 46.6 Å². The number of aryl methyl sites for hydroxylation is 1. The summed E-state index contributed by atoms with van der Waals surface area (Å²) in [6.07, 6.45) is 2.56. The fourth-order valence-corrected chi connectivity index (χ4v) is 4.09. The first-order valence-corrected chi connectivity index (χ1v) is 11.4.